The van der Waals surface area contributed by atoms with Crippen molar-refractivity contribution in [3.8, 4) is 17.6 Å². The van der Waals surface area contributed by atoms with Crippen molar-refractivity contribution in [2.45, 2.75) is 13.5 Å². The third-order valence-corrected chi connectivity index (χ3v) is 5.56. The van der Waals surface area contributed by atoms with Gasteiger partial charge in [-0.3, -0.25) is 4.79 Å². The highest BCUT2D eigenvalue weighted by Gasteiger charge is 2.15. The lowest BCUT2D eigenvalue weighted by Gasteiger charge is -2.15. The molecule has 8 heteroatoms. The van der Waals surface area contributed by atoms with Crippen molar-refractivity contribution < 1.29 is 14.3 Å². The van der Waals surface area contributed by atoms with Crippen LogP contribution in [0.4, 0.5) is 5.69 Å². The molecule has 0 aliphatic rings. The van der Waals surface area contributed by atoms with Gasteiger partial charge in [-0.2, -0.15) is 5.26 Å². The Bertz CT molecular complexity index is 1240. The van der Waals surface area contributed by atoms with E-state index in [1.165, 1.54) is 6.08 Å². The predicted octanol–water partition coefficient (Wildman–Crippen LogP) is 7.28. The van der Waals surface area contributed by atoms with E-state index in [1.807, 2.05) is 37.3 Å². The number of halogens is 3. The maximum atomic E-state index is 12.6. The normalized spacial score (nSPS) is 10.9. The van der Waals surface area contributed by atoms with Crippen molar-refractivity contribution in [3.63, 3.8) is 0 Å². The van der Waals surface area contributed by atoms with Gasteiger partial charge in [0.25, 0.3) is 5.91 Å². The van der Waals surface area contributed by atoms with E-state index in [1.54, 1.807) is 36.4 Å². The van der Waals surface area contributed by atoms with E-state index in [4.69, 9.17) is 32.7 Å². The zero-order valence-corrected chi connectivity index (χ0v) is 20.7. The number of rotatable bonds is 8. The summed E-state index contributed by atoms with van der Waals surface area (Å²) < 4.78 is 12.4. The Balaban J connectivity index is 1.86. The molecule has 3 aromatic rings. The Morgan fingerprint density at radius 3 is 2.58 bits per heavy atom. The number of benzene rings is 3. The second-order valence-electron chi connectivity index (χ2n) is 6.78. The first-order valence-electron chi connectivity index (χ1n) is 9.92. The lowest BCUT2D eigenvalue weighted by atomic mass is 10.1. The Morgan fingerprint density at radius 2 is 1.88 bits per heavy atom. The molecule has 1 N–H and O–H groups in total. The molecule has 0 aromatic heterocycles. The van der Waals surface area contributed by atoms with Gasteiger partial charge in [-0.25, -0.2) is 0 Å². The average Bonchev–Trinajstić information content (AvgIpc) is 2.78. The number of anilines is 1. The molecule has 0 spiro atoms. The summed E-state index contributed by atoms with van der Waals surface area (Å²) in [5.74, 6) is 0.212. The number of ether oxygens (including phenoxy) is 2. The summed E-state index contributed by atoms with van der Waals surface area (Å²) in [5.41, 5.74) is 1.80. The van der Waals surface area contributed by atoms with Crippen LogP contribution in [0.1, 0.15) is 18.1 Å². The third kappa shape index (κ3) is 6.75. The number of amides is 1. The van der Waals surface area contributed by atoms with Crippen LogP contribution in [0, 0.1) is 11.3 Å². The highest BCUT2D eigenvalue weighted by molar-refractivity contribution is 9.10. The lowest BCUT2D eigenvalue weighted by Crippen LogP contribution is -2.13. The fourth-order valence-electron chi connectivity index (χ4n) is 2.92. The molecule has 0 heterocycles. The molecule has 3 rings (SSSR count). The number of carbonyl (C=O) groups excluding carboxylic acids is 1. The SMILES string of the molecule is CCOc1cc(/C=C(/C#N)C(=O)Nc2cccc(Br)c2)cc(Cl)c1OCc1ccccc1Cl. The van der Waals surface area contributed by atoms with Crippen molar-refractivity contribution >= 4 is 56.8 Å². The van der Waals surface area contributed by atoms with Gasteiger partial charge in [0.2, 0.25) is 0 Å². The molecule has 0 radical (unpaired) electrons. The van der Waals surface area contributed by atoms with Gasteiger partial charge in [0.15, 0.2) is 11.5 Å². The number of nitrogens with zero attached hydrogens (tertiary/aromatic N) is 1. The number of hydrogen-bond donors (Lipinski definition) is 1. The summed E-state index contributed by atoms with van der Waals surface area (Å²) in [6.45, 7) is 2.41. The first-order valence-corrected chi connectivity index (χ1v) is 11.5. The van der Waals surface area contributed by atoms with Crippen LogP contribution in [0.2, 0.25) is 10.0 Å². The Labute approximate surface area is 210 Å². The van der Waals surface area contributed by atoms with E-state index in [9.17, 15) is 10.1 Å². The van der Waals surface area contributed by atoms with E-state index in [0.29, 0.717) is 34.4 Å². The minimum atomic E-state index is -0.538. The van der Waals surface area contributed by atoms with Gasteiger partial charge < -0.3 is 14.8 Å². The fourth-order valence-corrected chi connectivity index (χ4v) is 3.78. The van der Waals surface area contributed by atoms with Crippen LogP contribution in [0.5, 0.6) is 11.5 Å². The molecular weight excluding hydrogens is 527 g/mol. The molecule has 33 heavy (non-hydrogen) atoms. The number of nitrogens with one attached hydrogen (secondary N) is 1. The number of nitriles is 1. The van der Waals surface area contributed by atoms with Crippen LogP contribution in [-0.2, 0) is 11.4 Å². The minimum Gasteiger partial charge on any atom is -0.490 e. The van der Waals surface area contributed by atoms with Crippen LogP contribution in [0.25, 0.3) is 6.08 Å². The maximum absolute atomic E-state index is 12.6. The molecule has 0 fully saturated rings. The summed E-state index contributed by atoms with van der Waals surface area (Å²) in [6, 6.07) is 19.6. The van der Waals surface area contributed by atoms with Gasteiger partial charge in [-0.1, -0.05) is 63.4 Å². The lowest BCUT2D eigenvalue weighted by molar-refractivity contribution is -0.112. The van der Waals surface area contributed by atoms with Crippen molar-refractivity contribution in [1.82, 2.24) is 0 Å². The van der Waals surface area contributed by atoms with Crippen molar-refractivity contribution in [1.29, 1.82) is 5.26 Å². The molecule has 5 nitrogen and oxygen atoms in total. The highest BCUT2D eigenvalue weighted by Crippen LogP contribution is 2.38. The van der Waals surface area contributed by atoms with Crippen molar-refractivity contribution in [2.75, 3.05) is 11.9 Å². The summed E-state index contributed by atoms with van der Waals surface area (Å²) >= 11 is 16.0. The topological polar surface area (TPSA) is 71.3 Å². The first-order chi connectivity index (χ1) is 15.9. The zero-order chi connectivity index (χ0) is 23.8. The summed E-state index contributed by atoms with van der Waals surface area (Å²) in [7, 11) is 0. The van der Waals surface area contributed by atoms with E-state index < -0.39 is 5.91 Å². The second kappa shape index (κ2) is 11.8. The van der Waals surface area contributed by atoms with E-state index >= 15 is 0 Å². The minimum absolute atomic E-state index is 0.0850. The van der Waals surface area contributed by atoms with Gasteiger partial charge in [0.05, 0.1) is 11.6 Å². The predicted molar refractivity (Wildman–Crippen MR) is 135 cm³/mol. The largest absolute Gasteiger partial charge is 0.490 e. The Morgan fingerprint density at radius 1 is 1.09 bits per heavy atom. The van der Waals surface area contributed by atoms with Gasteiger partial charge in [0, 0.05) is 20.7 Å². The fraction of sp³-hybridized carbons (Fsp3) is 0.120. The van der Waals surface area contributed by atoms with Crippen molar-refractivity contribution in [2.24, 2.45) is 0 Å². The Kier molecular flexibility index (Phi) is 8.79. The summed E-state index contributed by atoms with van der Waals surface area (Å²) in [5, 5.41) is 13.1. The van der Waals surface area contributed by atoms with E-state index in [-0.39, 0.29) is 17.2 Å². The monoisotopic (exact) mass is 544 g/mol. The quantitative estimate of drug-likeness (QED) is 0.238. The molecule has 0 saturated carbocycles. The first kappa shape index (κ1) is 24.7. The van der Waals surface area contributed by atoms with Crippen LogP contribution >= 0.6 is 39.1 Å². The van der Waals surface area contributed by atoms with Gasteiger partial charge in [0.1, 0.15) is 18.2 Å². The number of hydrogen-bond acceptors (Lipinski definition) is 4. The summed E-state index contributed by atoms with van der Waals surface area (Å²) in [6.07, 6.45) is 1.44. The molecule has 3 aromatic carbocycles. The number of carbonyl (C=O) groups is 1. The summed E-state index contributed by atoms with van der Waals surface area (Å²) in [4.78, 5) is 12.6. The van der Waals surface area contributed by atoms with Crippen molar-refractivity contribution in [3.05, 3.63) is 91.9 Å². The molecule has 0 bridgehead atoms. The highest BCUT2D eigenvalue weighted by atomic mass is 79.9. The third-order valence-electron chi connectivity index (χ3n) is 4.42. The molecule has 0 aliphatic carbocycles. The Hall–Kier alpha value is -2.98. The van der Waals surface area contributed by atoms with E-state index in [0.717, 1.165) is 10.0 Å². The van der Waals surface area contributed by atoms with Gasteiger partial charge >= 0.3 is 0 Å². The standard InChI is InChI=1S/C25H19BrCl2N2O3/c1-2-32-23-12-16(10-18(14-29)25(31)30-20-8-5-7-19(26)13-20)11-22(28)24(23)33-15-17-6-3-4-9-21(17)27/h3-13H,2,15H2,1H3,(H,30,31)/b18-10-. The maximum Gasteiger partial charge on any atom is 0.266 e. The smallest absolute Gasteiger partial charge is 0.266 e. The average molecular weight is 546 g/mol. The molecule has 0 atom stereocenters. The zero-order valence-electron chi connectivity index (χ0n) is 17.6. The molecule has 168 valence electrons. The van der Waals surface area contributed by atoms with Crippen LogP contribution in [0.15, 0.2) is 70.7 Å². The van der Waals surface area contributed by atoms with Gasteiger partial charge in [-0.15, -0.1) is 0 Å². The molecular formula is C25H19BrCl2N2O3. The van der Waals surface area contributed by atoms with Crippen LogP contribution in [-0.4, -0.2) is 12.5 Å². The molecule has 0 unspecified atom stereocenters. The molecule has 1 amide bonds. The second-order valence-corrected chi connectivity index (χ2v) is 8.51. The molecule has 0 saturated heterocycles. The van der Waals surface area contributed by atoms with Gasteiger partial charge in [-0.05, 0) is 55.0 Å². The van der Waals surface area contributed by atoms with Crippen LogP contribution < -0.4 is 14.8 Å². The van der Waals surface area contributed by atoms with Crippen LogP contribution in [0.3, 0.4) is 0 Å². The van der Waals surface area contributed by atoms with E-state index in [2.05, 4.69) is 21.2 Å². The molecule has 0 aliphatic heterocycles.